The highest BCUT2D eigenvalue weighted by atomic mass is 35.5. The van der Waals surface area contributed by atoms with Gasteiger partial charge in [-0.05, 0) is 24.6 Å². The maximum Gasteiger partial charge on any atom is 0.248 e. The van der Waals surface area contributed by atoms with E-state index in [0.717, 1.165) is 11.3 Å². The molecule has 130 valence electrons. The number of aromatic nitrogens is 5. The molecule has 0 radical (unpaired) electrons. The lowest BCUT2D eigenvalue weighted by atomic mass is 10.2. The second-order valence-electron chi connectivity index (χ2n) is 5.52. The Labute approximate surface area is 148 Å². The number of carbonyl (C=O) groups is 1. The van der Waals surface area contributed by atoms with Gasteiger partial charge in [-0.25, -0.2) is 14.1 Å². The number of hydrogen-bond acceptors (Lipinski definition) is 4. The van der Waals surface area contributed by atoms with Crippen LogP contribution < -0.4 is 5.32 Å². The van der Waals surface area contributed by atoms with Gasteiger partial charge in [-0.1, -0.05) is 23.7 Å². The molecule has 2 heterocycles. The first-order valence-electron chi connectivity index (χ1n) is 7.63. The van der Waals surface area contributed by atoms with Crippen LogP contribution in [0.1, 0.15) is 17.7 Å². The summed E-state index contributed by atoms with van der Waals surface area (Å²) in [7, 11) is 0. The Bertz CT molecular complexity index is 871. The quantitative estimate of drug-likeness (QED) is 0.731. The monoisotopic (exact) mass is 362 g/mol. The summed E-state index contributed by atoms with van der Waals surface area (Å²) in [5.74, 6) is -0.330. The van der Waals surface area contributed by atoms with Crippen LogP contribution in [0.3, 0.4) is 0 Å². The maximum absolute atomic E-state index is 13.2. The second-order valence-corrected chi connectivity index (χ2v) is 5.93. The smallest absolute Gasteiger partial charge is 0.248 e. The van der Waals surface area contributed by atoms with Crippen LogP contribution in [0, 0.1) is 12.7 Å². The first-order chi connectivity index (χ1) is 12.0. The lowest BCUT2D eigenvalue weighted by Gasteiger charge is -2.02. The number of nitrogens with one attached hydrogen (secondary N) is 1. The van der Waals surface area contributed by atoms with Crippen LogP contribution >= 0.6 is 11.6 Å². The molecule has 0 aliphatic rings. The fourth-order valence-electron chi connectivity index (χ4n) is 2.26. The van der Waals surface area contributed by atoms with E-state index < -0.39 is 0 Å². The summed E-state index contributed by atoms with van der Waals surface area (Å²) in [5, 5.41) is 11.5. The topological polar surface area (TPSA) is 77.6 Å². The van der Waals surface area contributed by atoms with Gasteiger partial charge in [0.1, 0.15) is 12.1 Å². The minimum atomic E-state index is -0.305. The second kappa shape index (κ2) is 7.43. The van der Waals surface area contributed by atoms with E-state index in [2.05, 4.69) is 20.5 Å². The molecule has 1 amide bonds. The van der Waals surface area contributed by atoms with E-state index in [1.165, 1.54) is 23.1 Å². The minimum Gasteiger partial charge on any atom is -0.293 e. The van der Waals surface area contributed by atoms with Crippen LogP contribution in [-0.4, -0.2) is 30.5 Å². The van der Waals surface area contributed by atoms with Gasteiger partial charge in [-0.2, -0.15) is 5.10 Å². The van der Waals surface area contributed by atoms with Crippen molar-refractivity contribution >= 4 is 23.5 Å². The average molecular weight is 363 g/mol. The first-order valence-corrected chi connectivity index (χ1v) is 8.01. The first kappa shape index (κ1) is 17.1. The molecule has 3 aromatic rings. The zero-order chi connectivity index (χ0) is 17.8. The predicted molar refractivity (Wildman–Crippen MR) is 90.7 cm³/mol. The number of rotatable bonds is 6. The Kier molecular flexibility index (Phi) is 5.08. The molecule has 0 aliphatic heterocycles. The van der Waals surface area contributed by atoms with Crippen LogP contribution in [0.15, 0.2) is 36.8 Å². The van der Waals surface area contributed by atoms with Crippen LogP contribution in [-0.2, 0) is 17.9 Å². The maximum atomic E-state index is 13.2. The van der Waals surface area contributed by atoms with Crippen molar-refractivity contribution in [2.75, 3.05) is 5.32 Å². The molecule has 25 heavy (non-hydrogen) atoms. The Balaban J connectivity index is 1.53. The minimum absolute atomic E-state index is 0.205. The van der Waals surface area contributed by atoms with Crippen LogP contribution in [0.2, 0.25) is 5.02 Å². The summed E-state index contributed by atoms with van der Waals surface area (Å²) in [4.78, 5) is 16.0. The molecule has 0 spiro atoms. The van der Waals surface area contributed by atoms with Gasteiger partial charge in [0, 0.05) is 19.2 Å². The van der Waals surface area contributed by atoms with Crippen LogP contribution in [0.5, 0.6) is 0 Å². The summed E-state index contributed by atoms with van der Waals surface area (Å²) in [6.07, 6.45) is 3.38. The van der Waals surface area contributed by atoms with E-state index in [1.807, 2.05) is 0 Å². The molecular formula is C16H16ClFN6O. The molecule has 2 aromatic heterocycles. The van der Waals surface area contributed by atoms with Crippen LogP contribution in [0.25, 0.3) is 0 Å². The Morgan fingerprint density at radius 3 is 2.88 bits per heavy atom. The molecule has 7 nitrogen and oxygen atoms in total. The zero-order valence-corrected chi connectivity index (χ0v) is 14.2. The van der Waals surface area contributed by atoms with Gasteiger partial charge in [0.15, 0.2) is 0 Å². The summed E-state index contributed by atoms with van der Waals surface area (Å²) >= 11 is 5.92. The lowest BCUT2D eigenvalue weighted by molar-refractivity contribution is -0.116. The number of aryl methyl sites for hydroxylation is 2. The predicted octanol–water partition coefficient (Wildman–Crippen LogP) is 2.65. The molecule has 3 rings (SSSR count). The molecule has 0 unspecified atom stereocenters. The number of anilines is 1. The van der Waals surface area contributed by atoms with E-state index in [-0.39, 0.29) is 24.1 Å². The van der Waals surface area contributed by atoms with Crippen molar-refractivity contribution in [3.8, 4) is 0 Å². The zero-order valence-electron chi connectivity index (χ0n) is 13.5. The van der Waals surface area contributed by atoms with Gasteiger partial charge < -0.3 is 0 Å². The van der Waals surface area contributed by atoms with Crippen molar-refractivity contribution in [2.24, 2.45) is 0 Å². The van der Waals surface area contributed by atoms with Crippen molar-refractivity contribution in [3.05, 3.63) is 58.9 Å². The Hall–Kier alpha value is -2.74. The van der Waals surface area contributed by atoms with Gasteiger partial charge in [0.25, 0.3) is 0 Å². The normalized spacial score (nSPS) is 10.8. The van der Waals surface area contributed by atoms with Gasteiger partial charge in [-0.15, -0.1) is 5.10 Å². The molecule has 0 saturated heterocycles. The van der Waals surface area contributed by atoms with E-state index in [9.17, 15) is 9.18 Å². The number of carbonyl (C=O) groups excluding carboxylic acids is 1. The van der Waals surface area contributed by atoms with Crippen molar-refractivity contribution < 1.29 is 9.18 Å². The molecule has 1 N–H and O–H groups in total. The molecular weight excluding hydrogens is 347 g/mol. The van der Waals surface area contributed by atoms with E-state index >= 15 is 0 Å². The third-order valence-electron chi connectivity index (χ3n) is 3.48. The van der Waals surface area contributed by atoms with Gasteiger partial charge in [0.2, 0.25) is 11.9 Å². The number of benzene rings is 1. The summed E-state index contributed by atoms with van der Waals surface area (Å²) in [5.41, 5.74) is 1.48. The van der Waals surface area contributed by atoms with E-state index in [0.29, 0.717) is 18.1 Å². The molecule has 0 aliphatic carbocycles. The van der Waals surface area contributed by atoms with Crippen LogP contribution in [0.4, 0.5) is 10.3 Å². The summed E-state index contributed by atoms with van der Waals surface area (Å²) in [6, 6.07) is 6.23. The highest BCUT2D eigenvalue weighted by Gasteiger charge is 2.09. The highest BCUT2D eigenvalue weighted by Crippen LogP contribution is 2.12. The third kappa shape index (κ3) is 4.63. The SMILES string of the molecule is Cc1nn(CCC(=O)Nc2ncn(Cc3cccc(F)c3)n2)cc1Cl. The molecule has 0 bridgehead atoms. The standard InChI is InChI=1S/C16H16ClFN6O/c1-11-14(17)9-23(21-11)6-5-15(25)20-16-19-10-24(22-16)8-12-3-2-4-13(18)7-12/h2-4,7,9-10H,5-6,8H2,1H3,(H,20,22,25). The van der Waals surface area contributed by atoms with Crippen molar-refractivity contribution in [1.29, 1.82) is 0 Å². The van der Waals surface area contributed by atoms with Gasteiger partial charge >= 0.3 is 0 Å². The van der Waals surface area contributed by atoms with Crippen molar-refractivity contribution in [1.82, 2.24) is 24.5 Å². The Morgan fingerprint density at radius 2 is 2.16 bits per heavy atom. The molecule has 0 fully saturated rings. The van der Waals surface area contributed by atoms with Gasteiger partial charge in [-0.3, -0.25) is 14.8 Å². The Morgan fingerprint density at radius 1 is 1.32 bits per heavy atom. The number of nitrogens with zero attached hydrogens (tertiary/aromatic N) is 5. The van der Waals surface area contributed by atoms with Crippen molar-refractivity contribution in [2.45, 2.75) is 26.4 Å². The van der Waals surface area contributed by atoms with Gasteiger partial charge in [0.05, 0.1) is 17.3 Å². The molecule has 9 heteroatoms. The van der Waals surface area contributed by atoms with Crippen molar-refractivity contribution in [3.63, 3.8) is 0 Å². The average Bonchev–Trinajstić information content (AvgIpc) is 3.12. The summed E-state index contributed by atoms with van der Waals surface area (Å²) in [6.45, 7) is 2.57. The largest absolute Gasteiger partial charge is 0.293 e. The molecule has 0 saturated carbocycles. The van der Waals surface area contributed by atoms with E-state index in [1.54, 1.807) is 29.9 Å². The fraction of sp³-hybridized carbons (Fsp3) is 0.250. The summed E-state index contributed by atoms with van der Waals surface area (Å²) < 4.78 is 16.3. The number of hydrogen-bond donors (Lipinski definition) is 1. The van der Waals surface area contributed by atoms with E-state index in [4.69, 9.17) is 11.6 Å². The lowest BCUT2D eigenvalue weighted by Crippen LogP contribution is -2.16. The highest BCUT2D eigenvalue weighted by molar-refractivity contribution is 6.31. The number of halogens is 2. The molecule has 1 aromatic carbocycles. The number of amides is 1. The molecule has 0 atom stereocenters. The third-order valence-corrected chi connectivity index (χ3v) is 3.85. The fourth-order valence-corrected chi connectivity index (χ4v) is 2.41.